The molecule has 33 heavy (non-hydrogen) atoms. The number of amides is 1. The van der Waals surface area contributed by atoms with Crippen molar-refractivity contribution < 1.29 is 24.1 Å². The van der Waals surface area contributed by atoms with E-state index in [0.717, 1.165) is 30.8 Å². The smallest absolute Gasteiger partial charge is 0.223 e. The summed E-state index contributed by atoms with van der Waals surface area (Å²) in [6, 6.07) is 11.0. The number of carbonyl (C=O) groups excluding carboxylic acids is 1. The zero-order chi connectivity index (χ0) is 24.1. The van der Waals surface area contributed by atoms with Crippen molar-refractivity contribution in [3.63, 3.8) is 0 Å². The number of methoxy groups -OCH3 is 2. The van der Waals surface area contributed by atoms with Gasteiger partial charge in [0.1, 0.15) is 23.0 Å². The quantitative estimate of drug-likeness (QED) is 0.591. The zero-order valence-electron chi connectivity index (χ0n) is 20.6. The number of phenols is 1. The summed E-state index contributed by atoms with van der Waals surface area (Å²) in [6.07, 6.45) is 1.39. The monoisotopic (exact) mass is 455 g/mol. The van der Waals surface area contributed by atoms with Gasteiger partial charge in [0, 0.05) is 43.1 Å². The van der Waals surface area contributed by atoms with Crippen molar-refractivity contribution in [2.24, 2.45) is 11.8 Å². The largest absolute Gasteiger partial charge is 0.507 e. The summed E-state index contributed by atoms with van der Waals surface area (Å²) < 4.78 is 16.8. The Bertz CT molecular complexity index is 948. The maximum absolute atomic E-state index is 13.5. The van der Waals surface area contributed by atoms with Gasteiger partial charge < -0.3 is 24.2 Å². The van der Waals surface area contributed by atoms with Gasteiger partial charge in [0.05, 0.1) is 20.3 Å². The van der Waals surface area contributed by atoms with E-state index < -0.39 is 5.92 Å². The molecule has 3 rings (SSSR count). The summed E-state index contributed by atoms with van der Waals surface area (Å²) in [5, 5.41) is 11.0. The molecule has 3 unspecified atom stereocenters. The van der Waals surface area contributed by atoms with Gasteiger partial charge in [0.15, 0.2) is 0 Å². The molecule has 6 heteroatoms. The van der Waals surface area contributed by atoms with Crippen molar-refractivity contribution in [3.05, 3.63) is 47.5 Å². The molecule has 1 fully saturated rings. The van der Waals surface area contributed by atoms with Crippen LogP contribution in [0.25, 0.3) is 0 Å². The number of hydrogen-bond acceptors (Lipinski definition) is 5. The van der Waals surface area contributed by atoms with Gasteiger partial charge >= 0.3 is 0 Å². The summed E-state index contributed by atoms with van der Waals surface area (Å²) in [5.74, 6) is 2.37. The molecule has 3 atom stereocenters. The van der Waals surface area contributed by atoms with Crippen molar-refractivity contribution in [1.29, 1.82) is 0 Å². The highest BCUT2D eigenvalue weighted by molar-refractivity contribution is 5.78. The molecule has 0 spiro atoms. The lowest BCUT2D eigenvalue weighted by molar-refractivity contribution is -0.134. The van der Waals surface area contributed by atoms with Crippen LogP contribution in [0.1, 0.15) is 57.6 Å². The Morgan fingerprint density at radius 3 is 2.36 bits per heavy atom. The van der Waals surface area contributed by atoms with E-state index in [-0.39, 0.29) is 24.2 Å². The summed E-state index contributed by atoms with van der Waals surface area (Å²) in [7, 11) is 3.10. The van der Waals surface area contributed by atoms with Crippen LogP contribution in [0.4, 0.5) is 0 Å². The van der Waals surface area contributed by atoms with E-state index >= 15 is 0 Å². The molecule has 6 nitrogen and oxygen atoms in total. The fourth-order valence-electron chi connectivity index (χ4n) is 4.86. The highest BCUT2D eigenvalue weighted by atomic mass is 16.5. The van der Waals surface area contributed by atoms with Gasteiger partial charge in [-0.1, -0.05) is 26.0 Å². The lowest BCUT2D eigenvalue weighted by atomic mass is 9.85. The van der Waals surface area contributed by atoms with E-state index in [0.29, 0.717) is 28.9 Å². The molecule has 0 saturated carbocycles. The third-order valence-corrected chi connectivity index (χ3v) is 6.13. The first-order chi connectivity index (χ1) is 15.7. The first-order valence-electron chi connectivity index (χ1n) is 11.7. The average Bonchev–Trinajstić information content (AvgIpc) is 2.76. The number of phenolic OH excluding ortho intramolecular Hbond substituents is 1. The molecule has 1 aliphatic rings. The number of likely N-dealkylation sites (tertiary alicyclic amines) is 1. The maximum Gasteiger partial charge on any atom is 0.223 e. The van der Waals surface area contributed by atoms with Crippen molar-refractivity contribution in [2.45, 2.75) is 52.6 Å². The Kier molecular flexibility index (Phi) is 8.11. The Morgan fingerprint density at radius 2 is 1.76 bits per heavy atom. The van der Waals surface area contributed by atoms with Crippen LogP contribution in [-0.2, 0) is 4.79 Å². The van der Waals surface area contributed by atoms with Crippen molar-refractivity contribution in [1.82, 2.24) is 4.90 Å². The Morgan fingerprint density at radius 1 is 1.06 bits per heavy atom. The molecule has 1 heterocycles. The molecule has 2 aromatic rings. The Hall–Kier alpha value is -2.89. The maximum atomic E-state index is 13.5. The molecule has 1 aliphatic heterocycles. The minimum Gasteiger partial charge on any atom is -0.507 e. The van der Waals surface area contributed by atoms with Crippen LogP contribution in [0.3, 0.4) is 0 Å². The minimum atomic E-state index is -0.401. The third kappa shape index (κ3) is 6.12. The lowest BCUT2D eigenvalue weighted by Gasteiger charge is -2.36. The third-order valence-electron chi connectivity index (χ3n) is 6.13. The SMILES string of the molecule is COc1cc(O)c(C(CC(=O)N2CC(C)CC(C)C2)c2cccc(OC(C)C)c2)c(OC)c1. The Labute approximate surface area is 197 Å². The van der Waals surface area contributed by atoms with Crippen LogP contribution in [0.2, 0.25) is 0 Å². The molecule has 0 bridgehead atoms. The predicted molar refractivity (Wildman–Crippen MR) is 129 cm³/mol. The first-order valence-corrected chi connectivity index (χ1v) is 11.7. The fourth-order valence-corrected chi connectivity index (χ4v) is 4.86. The molecule has 1 N–H and O–H groups in total. The number of ether oxygens (including phenoxy) is 3. The number of benzene rings is 2. The summed E-state index contributed by atoms with van der Waals surface area (Å²) >= 11 is 0. The minimum absolute atomic E-state index is 0.0283. The fraction of sp³-hybridized carbons (Fsp3) is 0.519. The number of rotatable bonds is 8. The second-order valence-corrected chi connectivity index (χ2v) is 9.50. The molecular weight excluding hydrogens is 418 g/mol. The van der Waals surface area contributed by atoms with Gasteiger partial charge in [-0.15, -0.1) is 0 Å². The topological polar surface area (TPSA) is 68.2 Å². The standard InChI is InChI=1S/C27H37NO5/c1-17(2)33-21-9-7-8-20(11-21)23(14-26(30)28-15-18(3)10-19(4)16-28)27-24(29)12-22(31-5)13-25(27)32-6/h7-9,11-13,17-19,23,29H,10,14-16H2,1-6H3. The molecule has 0 aromatic heterocycles. The van der Waals surface area contributed by atoms with Crippen molar-refractivity contribution in [2.75, 3.05) is 27.3 Å². The van der Waals surface area contributed by atoms with E-state index in [1.165, 1.54) is 0 Å². The van der Waals surface area contributed by atoms with Crippen LogP contribution in [0.15, 0.2) is 36.4 Å². The van der Waals surface area contributed by atoms with E-state index in [1.807, 2.05) is 43.0 Å². The molecular formula is C27H37NO5. The second kappa shape index (κ2) is 10.8. The number of hydrogen-bond donors (Lipinski definition) is 1. The summed E-state index contributed by atoms with van der Waals surface area (Å²) in [6.45, 7) is 9.86. The van der Waals surface area contributed by atoms with E-state index in [2.05, 4.69) is 13.8 Å². The van der Waals surface area contributed by atoms with Crippen LogP contribution in [0.5, 0.6) is 23.0 Å². The summed E-state index contributed by atoms with van der Waals surface area (Å²) in [4.78, 5) is 15.5. The number of carbonyl (C=O) groups is 1. The number of nitrogens with zero attached hydrogens (tertiary/aromatic N) is 1. The molecule has 180 valence electrons. The van der Waals surface area contributed by atoms with Gasteiger partial charge in [0.2, 0.25) is 5.91 Å². The average molecular weight is 456 g/mol. The van der Waals surface area contributed by atoms with Crippen LogP contribution >= 0.6 is 0 Å². The van der Waals surface area contributed by atoms with Crippen molar-refractivity contribution >= 4 is 5.91 Å². The highest BCUT2D eigenvalue weighted by Gasteiger charge is 2.31. The van der Waals surface area contributed by atoms with Crippen LogP contribution in [0, 0.1) is 11.8 Å². The lowest BCUT2D eigenvalue weighted by Crippen LogP contribution is -2.43. The van der Waals surface area contributed by atoms with E-state index in [1.54, 1.807) is 26.4 Å². The normalized spacial score (nSPS) is 19.3. The Balaban J connectivity index is 2.03. The van der Waals surface area contributed by atoms with Gasteiger partial charge in [-0.05, 0) is 49.8 Å². The van der Waals surface area contributed by atoms with Gasteiger partial charge in [0.25, 0.3) is 0 Å². The van der Waals surface area contributed by atoms with Crippen LogP contribution < -0.4 is 14.2 Å². The predicted octanol–water partition coefficient (Wildman–Crippen LogP) is 5.22. The molecule has 0 aliphatic carbocycles. The van der Waals surface area contributed by atoms with Gasteiger partial charge in [-0.2, -0.15) is 0 Å². The number of piperidine rings is 1. The molecule has 2 aromatic carbocycles. The van der Waals surface area contributed by atoms with E-state index in [9.17, 15) is 9.90 Å². The van der Waals surface area contributed by atoms with Crippen LogP contribution in [-0.4, -0.2) is 49.3 Å². The molecule has 1 saturated heterocycles. The van der Waals surface area contributed by atoms with Crippen molar-refractivity contribution in [3.8, 4) is 23.0 Å². The van der Waals surface area contributed by atoms with Gasteiger partial charge in [-0.25, -0.2) is 0 Å². The highest BCUT2D eigenvalue weighted by Crippen LogP contribution is 2.44. The zero-order valence-corrected chi connectivity index (χ0v) is 20.6. The number of aromatic hydroxyl groups is 1. The first kappa shape index (κ1) is 24.7. The molecule has 1 amide bonds. The molecule has 0 radical (unpaired) electrons. The van der Waals surface area contributed by atoms with E-state index in [4.69, 9.17) is 14.2 Å². The van der Waals surface area contributed by atoms with Gasteiger partial charge in [-0.3, -0.25) is 4.79 Å². The summed E-state index contributed by atoms with van der Waals surface area (Å²) in [5.41, 5.74) is 1.46. The second-order valence-electron chi connectivity index (χ2n) is 9.50.